The van der Waals surface area contributed by atoms with E-state index in [1.165, 1.54) is 0 Å². The summed E-state index contributed by atoms with van der Waals surface area (Å²) in [5.74, 6) is 0.420. The number of carbonyl (C=O) groups is 1. The largest absolute Gasteiger partial charge is 0.352 e. The lowest BCUT2D eigenvalue weighted by Crippen LogP contribution is -2.42. The highest BCUT2D eigenvalue weighted by Gasteiger charge is 2.26. The average molecular weight is 289 g/mol. The van der Waals surface area contributed by atoms with Gasteiger partial charge in [-0.15, -0.1) is 0 Å². The highest BCUT2D eigenvalue weighted by Crippen LogP contribution is 2.20. The molecule has 1 fully saturated rings. The van der Waals surface area contributed by atoms with Crippen LogP contribution in [0.1, 0.15) is 46.5 Å². The number of hydrogen-bond donors (Lipinski definition) is 3. The molecule has 1 saturated carbocycles. The molecule has 19 heavy (non-hydrogen) atoms. The van der Waals surface area contributed by atoms with Crippen molar-refractivity contribution in [2.45, 2.75) is 58.5 Å². The van der Waals surface area contributed by atoms with Gasteiger partial charge in [-0.1, -0.05) is 20.8 Å². The molecule has 0 aromatic heterocycles. The lowest BCUT2D eigenvalue weighted by atomic mass is 9.94. The molecular weight excluding hydrogens is 262 g/mol. The van der Waals surface area contributed by atoms with E-state index in [1.807, 2.05) is 0 Å². The second kappa shape index (κ2) is 6.22. The maximum Gasteiger partial charge on any atom is 0.237 e. The molecule has 112 valence electrons. The van der Waals surface area contributed by atoms with E-state index in [0.717, 1.165) is 19.3 Å². The zero-order valence-corrected chi connectivity index (χ0v) is 13.0. The first-order valence-corrected chi connectivity index (χ1v) is 8.79. The van der Waals surface area contributed by atoms with Gasteiger partial charge in [-0.2, -0.15) is 0 Å². The Morgan fingerprint density at radius 3 is 2.47 bits per heavy atom. The van der Waals surface area contributed by atoms with Crippen molar-refractivity contribution in [2.24, 2.45) is 11.1 Å². The fourth-order valence-corrected chi connectivity index (χ4v) is 3.34. The molecule has 4 N–H and O–H groups in total. The minimum absolute atomic E-state index is 0.0785. The molecule has 0 spiro atoms. The lowest BCUT2D eigenvalue weighted by molar-refractivity contribution is -0.122. The topological polar surface area (TPSA) is 96.0 Å². The summed E-state index contributed by atoms with van der Waals surface area (Å²) < 4.78 is 19.9. The third kappa shape index (κ3) is 7.52. The summed E-state index contributed by atoms with van der Waals surface area (Å²) in [5.41, 5.74) is 5.84. The van der Waals surface area contributed by atoms with Crippen LogP contribution in [0.25, 0.3) is 0 Å². The summed E-state index contributed by atoms with van der Waals surface area (Å²) >= 11 is 0. The Balaban J connectivity index is 2.30. The van der Waals surface area contributed by atoms with Crippen molar-refractivity contribution in [3.05, 3.63) is 0 Å². The number of amides is 1. The normalized spacial score (nSPS) is 20.6. The standard InChI is InChI=1S/C13H27N3O2S/c1-13(2,3)7-9-19(15,18)8-6-11(14)12(17)16-10-4-5-10/h10-11,15H,4-9,14H2,1-3H3,(H,16,17)/t11-,19?/m0/s1. The zero-order valence-electron chi connectivity index (χ0n) is 12.2. The molecule has 1 amide bonds. The quantitative estimate of drug-likeness (QED) is 0.662. The summed E-state index contributed by atoms with van der Waals surface area (Å²) in [6.07, 6.45) is 3.13. The summed E-state index contributed by atoms with van der Waals surface area (Å²) in [6.45, 7) is 6.20. The minimum atomic E-state index is -2.62. The van der Waals surface area contributed by atoms with E-state index < -0.39 is 15.8 Å². The van der Waals surface area contributed by atoms with Gasteiger partial charge in [0, 0.05) is 27.3 Å². The predicted octanol–water partition coefficient (Wildman–Crippen LogP) is 1.47. The van der Waals surface area contributed by atoms with Crippen molar-refractivity contribution in [3.8, 4) is 0 Å². The minimum Gasteiger partial charge on any atom is -0.352 e. The van der Waals surface area contributed by atoms with Crippen LogP contribution in [0.4, 0.5) is 0 Å². The van der Waals surface area contributed by atoms with Crippen molar-refractivity contribution >= 4 is 15.6 Å². The third-order valence-electron chi connectivity index (χ3n) is 3.20. The second-order valence-electron chi connectivity index (χ2n) is 6.71. The Bertz CT molecular complexity index is 408. The first kappa shape index (κ1) is 16.4. The highest BCUT2D eigenvalue weighted by molar-refractivity contribution is 7.92. The molecule has 0 radical (unpaired) electrons. The van der Waals surface area contributed by atoms with Crippen molar-refractivity contribution in [1.29, 1.82) is 4.78 Å². The van der Waals surface area contributed by atoms with Gasteiger partial charge in [-0.25, -0.2) is 4.21 Å². The number of nitrogens with one attached hydrogen (secondary N) is 2. The third-order valence-corrected chi connectivity index (χ3v) is 4.96. The van der Waals surface area contributed by atoms with Crippen molar-refractivity contribution in [1.82, 2.24) is 5.32 Å². The van der Waals surface area contributed by atoms with Gasteiger partial charge in [0.25, 0.3) is 0 Å². The molecule has 1 aliphatic carbocycles. The van der Waals surface area contributed by atoms with E-state index in [2.05, 4.69) is 26.1 Å². The molecule has 1 unspecified atom stereocenters. The van der Waals surface area contributed by atoms with E-state index in [9.17, 15) is 9.00 Å². The smallest absolute Gasteiger partial charge is 0.237 e. The maximum atomic E-state index is 12.1. The SMILES string of the molecule is CC(C)(C)CCS(=N)(=O)CC[C@H](N)C(=O)NC1CC1. The van der Waals surface area contributed by atoms with E-state index in [1.54, 1.807) is 0 Å². The molecule has 0 heterocycles. The van der Waals surface area contributed by atoms with Gasteiger partial charge in [0.2, 0.25) is 5.91 Å². The Morgan fingerprint density at radius 1 is 1.42 bits per heavy atom. The van der Waals surface area contributed by atoms with Crippen LogP contribution in [-0.4, -0.2) is 33.7 Å². The molecule has 0 aromatic carbocycles. The summed E-state index contributed by atoms with van der Waals surface area (Å²) in [5, 5.41) is 2.83. The van der Waals surface area contributed by atoms with Gasteiger partial charge in [0.05, 0.1) is 6.04 Å². The van der Waals surface area contributed by atoms with Crippen LogP contribution < -0.4 is 11.1 Å². The molecule has 0 aromatic rings. The summed E-state index contributed by atoms with van der Waals surface area (Å²) in [6, 6.07) is -0.346. The van der Waals surface area contributed by atoms with E-state index >= 15 is 0 Å². The van der Waals surface area contributed by atoms with Crippen LogP contribution in [0.15, 0.2) is 0 Å². The lowest BCUT2D eigenvalue weighted by Gasteiger charge is -2.19. The first-order valence-electron chi connectivity index (χ1n) is 6.89. The predicted molar refractivity (Wildman–Crippen MR) is 78.4 cm³/mol. The number of hydrogen-bond acceptors (Lipinski definition) is 4. The van der Waals surface area contributed by atoms with Crippen LogP contribution in [0.5, 0.6) is 0 Å². The monoisotopic (exact) mass is 289 g/mol. The molecule has 6 heteroatoms. The molecule has 5 nitrogen and oxygen atoms in total. The molecule has 0 saturated heterocycles. The van der Waals surface area contributed by atoms with Gasteiger partial charge in [-0.3, -0.25) is 9.57 Å². The van der Waals surface area contributed by atoms with Gasteiger partial charge in [-0.05, 0) is 31.1 Å². The van der Waals surface area contributed by atoms with Crippen LogP contribution in [0, 0.1) is 10.2 Å². The molecule has 1 aliphatic rings. The first-order chi connectivity index (χ1) is 8.59. The van der Waals surface area contributed by atoms with E-state index in [-0.39, 0.29) is 17.1 Å². The number of carbonyl (C=O) groups excluding carboxylic acids is 1. The maximum absolute atomic E-state index is 12.1. The van der Waals surface area contributed by atoms with Gasteiger partial charge < -0.3 is 11.1 Å². The Morgan fingerprint density at radius 2 is 2.00 bits per heavy atom. The van der Waals surface area contributed by atoms with Crippen LogP contribution >= 0.6 is 0 Å². The van der Waals surface area contributed by atoms with Crippen LogP contribution in [0.2, 0.25) is 0 Å². The molecule has 1 rings (SSSR count). The number of nitrogens with two attached hydrogens (primary N) is 1. The summed E-state index contributed by atoms with van der Waals surface area (Å²) in [7, 11) is -2.62. The van der Waals surface area contributed by atoms with Gasteiger partial charge in [0.1, 0.15) is 0 Å². The van der Waals surface area contributed by atoms with Gasteiger partial charge >= 0.3 is 0 Å². The Kier molecular flexibility index (Phi) is 5.38. The van der Waals surface area contributed by atoms with Crippen LogP contribution in [-0.2, 0) is 14.5 Å². The van der Waals surface area contributed by atoms with E-state index in [0.29, 0.717) is 18.2 Å². The summed E-state index contributed by atoms with van der Waals surface area (Å²) in [4.78, 5) is 11.6. The second-order valence-corrected chi connectivity index (χ2v) is 9.15. The van der Waals surface area contributed by atoms with E-state index in [4.69, 9.17) is 10.5 Å². The molecule has 0 bridgehead atoms. The average Bonchev–Trinajstić information content (AvgIpc) is 3.06. The zero-order chi connectivity index (χ0) is 14.7. The molecule has 0 aliphatic heterocycles. The van der Waals surface area contributed by atoms with Crippen molar-refractivity contribution < 1.29 is 9.00 Å². The van der Waals surface area contributed by atoms with Crippen molar-refractivity contribution in [3.63, 3.8) is 0 Å². The highest BCUT2D eigenvalue weighted by atomic mass is 32.2. The fourth-order valence-electron chi connectivity index (χ4n) is 1.56. The Labute approximate surface area is 116 Å². The fraction of sp³-hybridized carbons (Fsp3) is 0.923. The van der Waals surface area contributed by atoms with Gasteiger partial charge in [0.15, 0.2) is 0 Å². The molecule has 2 atom stereocenters. The Hall–Kier alpha value is -0.620. The van der Waals surface area contributed by atoms with Crippen LogP contribution in [0.3, 0.4) is 0 Å². The van der Waals surface area contributed by atoms with Crippen molar-refractivity contribution in [2.75, 3.05) is 11.5 Å². The number of rotatable bonds is 7. The molecular formula is C13H27N3O2S.